The molecular formula is C13H24N4O4. The molecule has 0 radical (unpaired) electrons. The molecule has 0 fully saturated rings. The zero-order chi connectivity index (χ0) is 16.5. The molecule has 0 aliphatic heterocycles. The van der Waals surface area contributed by atoms with E-state index in [2.05, 4.69) is 21.2 Å². The molecule has 0 aromatic rings. The van der Waals surface area contributed by atoms with Gasteiger partial charge < -0.3 is 15.4 Å². The highest BCUT2D eigenvalue weighted by molar-refractivity contribution is 6.35. The summed E-state index contributed by atoms with van der Waals surface area (Å²) in [5.74, 6) is -1.90. The first-order valence-electron chi connectivity index (χ1n) is 6.57. The van der Waals surface area contributed by atoms with Gasteiger partial charge in [-0.2, -0.15) is 5.10 Å². The number of carbonyl (C=O) groups is 3. The van der Waals surface area contributed by atoms with Crippen molar-refractivity contribution in [3.63, 3.8) is 0 Å². The topological polar surface area (TPSA) is 109 Å². The molecule has 3 amide bonds. The van der Waals surface area contributed by atoms with Crippen molar-refractivity contribution in [3.8, 4) is 0 Å². The number of amides is 3. The van der Waals surface area contributed by atoms with E-state index in [1.165, 1.54) is 7.11 Å². The summed E-state index contributed by atoms with van der Waals surface area (Å²) in [4.78, 5) is 34.3. The fourth-order valence-electron chi connectivity index (χ4n) is 1.28. The number of ether oxygens (including phenoxy) is 1. The number of nitrogens with one attached hydrogen (secondary N) is 3. The zero-order valence-electron chi connectivity index (χ0n) is 13.2. The van der Waals surface area contributed by atoms with E-state index in [1.807, 2.05) is 20.8 Å². The van der Waals surface area contributed by atoms with Crippen molar-refractivity contribution in [1.82, 2.24) is 16.1 Å². The molecule has 8 heteroatoms. The van der Waals surface area contributed by atoms with E-state index < -0.39 is 11.8 Å². The molecule has 3 N–H and O–H groups in total. The van der Waals surface area contributed by atoms with Gasteiger partial charge in [-0.05, 0) is 27.7 Å². The molecule has 0 aliphatic carbocycles. The molecule has 8 nitrogen and oxygen atoms in total. The van der Waals surface area contributed by atoms with Crippen LogP contribution in [-0.4, -0.2) is 49.2 Å². The van der Waals surface area contributed by atoms with Gasteiger partial charge in [0.05, 0.1) is 13.0 Å². The van der Waals surface area contributed by atoms with Crippen LogP contribution in [0.15, 0.2) is 5.10 Å². The number of hydrogen-bond donors (Lipinski definition) is 3. The van der Waals surface area contributed by atoms with Gasteiger partial charge in [-0.1, -0.05) is 0 Å². The summed E-state index contributed by atoms with van der Waals surface area (Å²) in [7, 11) is 1.49. The van der Waals surface area contributed by atoms with Gasteiger partial charge in [-0.15, -0.1) is 0 Å². The molecule has 120 valence electrons. The highest BCUT2D eigenvalue weighted by atomic mass is 16.5. The third-order valence-electron chi connectivity index (χ3n) is 2.08. The van der Waals surface area contributed by atoms with Gasteiger partial charge in [0.1, 0.15) is 0 Å². The molecule has 0 bridgehead atoms. The van der Waals surface area contributed by atoms with Crippen molar-refractivity contribution in [2.24, 2.45) is 5.10 Å². The van der Waals surface area contributed by atoms with E-state index >= 15 is 0 Å². The van der Waals surface area contributed by atoms with Crippen LogP contribution in [0.25, 0.3) is 0 Å². The molecule has 0 unspecified atom stereocenters. The minimum absolute atomic E-state index is 0.0445. The molecular weight excluding hydrogens is 276 g/mol. The minimum atomic E-state index is -0.887. The Morgan fingerprint density at radius 2 is 1.76 bits per heavy atom. The van der Waals surface area contributed by atoms with Gasteiger partial charge in [-0.25, -0.2) is 5.43 Å². The van der Waals surface area contributed by atoms with Crippen molar-refractivity contribution < 1.29 is 19.1 Å². The highest BCUT2D eigenvalue weighted by Gasteiger charge is 2.15. The number of hydrogen-bond acceptors (Lipinski definition) is 5. The molecule has 0 aromatic carbocycles. The Balaban J connectivity index is 4.19. The summed E-state index contributed by atoms with van der Waals surface area (Å²) in [6.07, 6.45) is 0.0445. The van der Waals surface area contributed by atoms with E-state index in [0.29, 0.717) is 12.3 Å². The Kier molecular flexibility index (Phi) is 8.22. The van der Waals surface area contributed by atoms with Gasteiger partial charge in [0.2, 0.25) is 5.91 Å². The number of carbonyl (C=O) groups excluding carboxylic acids is 3. The predicted molar refractivity (Wildman–Crippen MR) is 78.7 cm³/mol. The van der Waals surface area contributed by atoms with Crippen molar-refractivity contribution in [3.05, 3.63) is 0 Å². The van der Waals surface area contributed by atoms with E-state index in [9.17, 15) is 14.4 Å². The van der Waals surface area contributed by atoms with E-state index in [1.54, 1.807) is 6.92 Å². The molecule has 0 rings (SSSR count). The lowest BCUT2D eigenvalue weighted by molar-refractivity contribution is -0.139. The second-order valence-electron chi connectivity index (χ2n) is 5.51. The quantitative estimate of drug-likeness (QED) is 0.267. The van der Waals surface area contributed by atoms with Crippen LogP contribution in [0.1, 0.15) is 34.1 Å². The monoisotopic (exact) mass is 300 g/mol. The number of nitrogens with zero attached hydrogens (tertiary/aromatic N) is 1. The summed E-state index contributed by atoms with van der Waals surface area (Å²) in [6, 6.07) is 0. The van der Waals surface area contributed by atoms with Crippen molar-refractivity contribution >= 4 is 23.4 Å². The average molecular weight is 300 g/mol. The molecule has 21 heavy (non-hydrogen) atoms. The van der Waals surface area contributed by atoms with Gasteiger partial charge in [0, 0.05) is 24.9 Å². The zero-order valence-corrected chi connectivity index (χ0v) is 13.2. The Morgan fingerprint density at radius 3 is 2.29 bits per heavy atom. The molecule has 0 atom stereocenters. The molecule has 0 aliphatic rings. The summed E-state index contributed by atoms with van der Waals surface area (Å²) in [5.41, 5.74) is 2.16. The third-order valence-corrected chi connectivity index (χ3v) is 2.08. The second-order valence-corrected chi connectivity index (χ2v) is 5.51. The maximum atomic E-state index is 11.6. The number of rotatable bonds is 6. The van der Waals surface area contributed by atoms with Crippen molar-refractivity contribution in [2.75, 3.05) is 20.3 Å². The Bertz CT molecular complexity index is 413. The largest absolute Gasteiger partial charge is 0.383 e. The van der Waals surface area contributed by atoms with Crippen LogP contribution < -0.4 is 16.1 Å². The molecule has 0 saturated heterocycles. The normalized spacial score (nSPS) is 11.8. The highest BCUT2D eigenvalue weighted by Crippen LogP contribution is 1.99. The van der Waals surface area contributed by atoms with Crippen LogP contribution in [0.4, 0.5) is 0 Å². The van der Waals surface area contributed by atoms with Gasteiger partial charge >= 0.3 is 11.8 Å². The first-order valence-corrected chi connectivity index (χ1v) is 6.57. The third kappa shape index (κ3) is 10.5. The maximum Gasteiger partial charge on any atom is 0.329 e. The van der Waals surface area contributed by atoms with Gasteiger partial charge in [-0.3, -0.25) is 14.4 Å². The fourth-order valence-corrected chi connectivity index (χ4v) is 1.28. The summed E-state index contributed by atoms with van der Waals surface area (Å²) in [6.45, 7) is 7.73. The molecule has 0 heterocycles. The lowest BCUT2D eigenvalue weighted by Gasteiger charge is -2.20. The van der Waals surface area contributed by atoms with Crippen LogP contribution in [0.3, 0.4) is 0 Å². The van der Waals surface area contributed by atoms with Crippen molar-refractivity contribution in [2.45, 2.75) is 39.7 Å². The minimum Gasteiger partial charge on any atom is -0.383 e. The lowest BCUT2D eigenvalue weighted by atomic mass is 10.1. The van der Waals surface area contributed by atoms with Crippen LogP contribution in [0, 0.1) is 0 Å². The van der Waals surface area contributed by atoms with Gasteiger partial charge in [0.25, 0.3) is 0 Å². The Labute approximate surface area is 124 Å². The van der Waals surface area contributed by atoms with Crippen LogP contribution in [0.5, 0.6) is 0 Å². The summed E-state index contributed by atoms with van der Waals surface area (Å²) < 4.78 is 4.74. The lowest BCUT2D eigenvalue weighted by Crippen LogP contribution is -2.41. The molecule has 0 aromatic heterocycles. The molecule has 0 saturated carbocycles. The first-order chi connectivity index (χ1) is 9.65. The van der Waals surface area contributed by atoms with Crippen molar-refractivity contribution in [1.29, 1.82) is 0 Å². The second kappa shape index (κ2) is 9.06. The fraction of sp³-hybridized carbons (Fsp3) is 0.692. The average Bonchev–Trinajstić information content (AvgIpc) is 2.33. The maximum absolute atomic E-state index is 11.6. The smallest absolute Gasteiger partial charge is 0.329 e. The summed E-state index contributed by atoms with van der Waals surface area (Å²) in [5, 5.41) is 8.83. The number of methoxy groups -OCH3 is 1. The standard InChI is InChI=1S/C13H24N4O4/c1-9(8-10(18)15-13(2,3)4)16-17-12(20)11(19)14-6-7-21-5/h6-8H2,1-5H3,(H,14,19)(H,15,18)(H,17,20)/b16-9+. The van der Waals surface area contributed by atoms with Crippen LogP contribution >= 0.6 is 0 Å². The first kappa shape index (κ1) is 19.0. The summed E-state index contributed by atoms with van der Waals surface area (Å²) >= 11 is 0. The van der Waals surface area contributed by atoms with Crippen LogP contribution in [0.2, 0.25) is 0 Å². The van der Waals surface area contributed by atoms with Crippen LogP contribution in [-0.2, 0) is 19.1 Å². The van der Waals surface area contributed by atoms with E-state index in [-0.39, 0.29) is 24.4 Å². The predicted octanol–water partition coefficient (Wildman–Crippen LogP) is -0.454. The SMILES string of the molecule is COCCNC(=O)C(=O)N/N=C(\C)CC(=O)NC(C)(C)C. The van der Waals surface area contributed by atoms with Gasteiger partial charge in [0.15, 0.2) is 0 Å². The van der Waals surface area contributed by atoms with E-state index in [0.717, 1.165) is 0 Å². The number of hydrazone groups is 1. The molecule has 0 spiro atoms. The Morgan fingerprint density at radius 1 is 1.14 bits per heavy atom. The Hall–Kier alpha value is -1.96. The van der Waals surface area contributed by atoms with E-state index in [4.69, 9.17) is 4.74 Å².